The molecule has 0 fully saturated rings. The maximum absolute atomic E-state index is 6.10. The first-order valence-electron chi connectivity index (χ1n) is 9.54. The van der Waals surface area contributed by atoms with Crippen LogP contribution < -0.4 is 9.75 Å². The fourth-order valence-electron chi connectivity index (χ4n) is 3.33. The number of pyridine rings is 1. The second kappa shape index (κ2) is 7.31. The molecule has 142 valence electrons. The van der Waals surface area contributed by atoms with Crippen LogP contribution in [-0.4, -0.2) is 27.4 Å². The summed E-state index contributed by atoms with van der Waals surface area (Å²) in [5.74, 6) is 1.57. The number of hydrogen-bond donors (Lipinski definition) is 0. The lowest BCUT2D eigenvalue weighted by Gasteiger charge is -2.26. The number of rotatable bonds is 4. The van der Waals surface area contributed by atoms with Gasteiger partial charge in [-0.25, -0.2) is 20.0 Å². The van der Waals surface area contributed by atoms with Gasteiger partial charge in [0.15, 0.2) is 5.65 Å². The quantitative estimate of drug-likeness (QED) is 0.532. The molecule has 0 saturated heterocycles. The van der Waals surface area contributed by atoms with E-state index >= 15 is 0 Å². The van der Waals surface area contributed by atoms with Crippen LogP contribution in [0.5, 0.6) is 5.88 Å². The molecule has 3 heterocycles. The summed E-state index contributed by atoms with van der Waals surface area (Å²) in [4.78, 5) is 13.7. The van der Waals surface area contributed by atoms with Crippen molar-refractivity contribution in [1.29, 1.82) is 0 Å². The molecule has 1 aliphatic rings. The number of hydrogen-bond acceptors (Lipinski definition) is 6. The molecule has 0 spiro atoms. The average Bonchev–Trinajstić information content (AvgIpc) is 2.77. The van der Waals surface area contributed by atoms with Gasteiger partial charge in [-0.15, -0.1) is 5.10 Å². The zero-order valence-electron chi connectivity index (χ0n) is 16.0. The van der Waals surface area contributed by atoms with Crippen molar-refractivity contribution >= 4 is 22.9 Å². The van der Waals surface area contributed by atoms with Crippen LogP contribution in [0.1, 0.15) is 16.7 Å². The maximum Gasteiger partial charge on any atom is 0.267 e. The molecular weight excluding hydrogens is 362 g/mol. The molecule has 0 saturated carbocycles. The smallest absolute Gasteiger partial charge is 0.267 e. The first-order chi connectivity index (χ1) is 14.3. The molecule has 0 aliphatic carbocycles. The second-order valence-electron chi connectivity index (χ2n) is 6.88. The van der Waals surface area contributed by atoms with Crippen molar-refractivity contribution in [3.8, 4) is 5.88 Å². The third kappa shape index (κ3) is 3.40. The molecule has 29 heavy (non-hydrogen) atoms. The molecule has 6 nitrogen and oxygen atoms in total. The Hall–Kier alpha value is -3.80. The van der Waals surface area contributed by atoms with Gasteiger partial charge in [0.2, 0.25) is 11.7 Å². The maximum atomic E-state index is 6.10. The van der Waals surface area contributed by atoms with Gasteiger partial charge in [-0.1, -0.05) is 48.5 Å². The summed E-state index contributed by atoms with van der Waals surface area (Å²) in [6.07, 6.45) is 2.54. The summed E-state index contributed by atoms with van der Waals surface area (Å²) in [5, 5.41) is 6.64. The van der Waals surface area contributed by atoms with Gasteiger partial charge in [-0.05, 0) is 42.7 Å². The van der Waals surface area contributed by atoms with E-state index in [9.17, 15) is 0 Å². The number of nitrogens with zero attached hydrogens (tertiary/aromatic N) is 5. The van der Waals surface area contributed by atoms with Gasteiger partial charge in [0.25, 0.3) is 5.88 Å². The van der Waals surface area contributed by atoms with Crippen molar-refractivity contribution in [2.24, 2.45) is 5.10 Å². The topological polar surface area (TPSA) is 63.5 Å². The Morgan fingerprint density at radius 1 is 0.897 bits per heavy atom. The van der Waals surface area contributed by atoms with Crippen LogP contribution in [0.2, 0.25) is 0 Å². The Bertz CT molecular complexity index is 1210. The zero-order chi connectivity index (χ0) is 19.6. The van der Waals surface area contributed by atoms with Gasteiger partial charge in [0.1, 0.15) is 5.52 Å². The number of fused-ring (bicyclic) bond motifs is 2. The van der Waals surface area contributed by atoms with E-state index in [0.717, 1.165) is 17.5 Å². The molecule has 0 radical (unpaired) electrons. The van der Waals surface area contributed by atoms with Gasteiger partial charge in [-0.2, -0.15) is 0 Å². The van der Waals surface area contributed by atoms with Crippen LogP contribution in [0.3, 0.4) is 0 Å². The van der Waals surface area contributed by atoms with E-state index < -0.39 is 0 Å². The minimum Gasteiger partial charge on any atom is -0.415 e. The molecule has 0 atom stereocenters. The molecule has 2 aromatic heterocycles. The van der Waals surface area contributed by atoms with Crippen molar-refractivity contribution in [2.75, 3.05) is 11.6 Å². The summed E-state index contributed by atoms with van der Waals surface area (Å²) in [7, 11) is 0. The van der Waals surface area contributed by atoms with Crippen molar-refractivity contribution < 1.29 is 4.74 Å². The van der Waals surface area contributed by atoms with Crippen LogP contribution in [0.15, 0.2) is 78.0 Å². The Labute approximate surface area is 168 Å². The number of hydrazone groups is 1. The third-order valence-corrected chi connectivity index (χ3v) is 4.87. The van der Waals surface area contributed by atoms with Crippen LogP contribution in [0, 0.1) is 6.92 Å². The second-order valence-corrected chi connectivity index (χ2v) is 6.88. The minimum absolute atomic E-state index is 0.451. The zero-order valence-corrected chi connectivity index (χ0v) is 16.0. The standard InChI is InChI=1S/C23H19N5O/c1-16-8-5-6-11-18(16)22-27-28(15-13-17-9-3-2-4-10-17)21-23(29-22)25-19-12-7-14-24-20(19)26-21/h2-12,14H,13,15H2,1H3. The summed E-state index contributed by atoms with van der Waals surface area (Å²) in [5.41, 5.74) is 4.54. The lowest BCUT2D eigenvalue weighted by Crippen LogP contribution is -2.31. The molecule has 0 unspecified atom stereocenters. The van der Waals surface area contributed by atoms with E-state index in [1.165, 1.54) is 5.56 Å². The van der Waals surface area contributed by atoms with E-state index in [1.807, 2.05) is 66.5 Å². The van der Waals surface area contributed by atoms with Gasteiger partial charge in [-0.3, -0.25) is 0 Å². The largest absolute Gasteiger partial charge is 0.415 e. The van der Waals surface area contributed by atoms with Crippen LogP contribution in [0.25, 0.3) is 11.2 Å². The highest BCUT2D eigenvalue weighted by molar-refractivity contribution is 5.99. The number of ether oxygens (including phenoxy) is 1. The van der Waals surface area contributed by atoms with Gasteiger partial charge in [0, 0.05) is 18.3 Å². The summed E-state index contributed by atoms with van der Waals surface area (Å²) < 4.78 is 6.10. The first-order valence-corrected chi connectivity index (χ1v) is 9.54. The fourth-order valence-corrected chi connectivity index (χ4v) is 3.33. The molecule has 0 amide bonds. The Balaban J connectivity index is 1.57. The highest BCUT2D eigenvalue weighted by atomic mass is 16.5. The predicted molar refractivity (Wildman–Crippen MR) is 113 cm³/mol. The third-order valence-electron chi connectivity index (χ3n) is 4.87. The van der Waals surface area contributed by atoms with Gasteiger partial charge >= 0.3 is 0 Å². The van der Waals surface area contributed by atoms with Crippen molar-refractivity contribution in [2.45, 2.75) is 13.3 Å². The molecule has 0 bridgehead atoms. The SMILES string of the molecule is Cc1ccccc1C1=NN(CCc2ccccc2)c2nc3ncccc3nc2O1. The lowest BCUT2D eigenvalue weighted by atomic mass is 10.1. The molecule has 0 N–H and O–H groups in total. The Morgan fingerprint density at radius 2 is 1.72 bits per heavy atom. The van der Waals surface area contributed by atoms with Crippen molar-refractivity contribution in [3.05, 3.63) is 89.6 Å². The fraction of sp³-hybridized carbons (Fsp3) is 0.130. The van der Waals surface area contributed by atoms with E-state index in [2.05, 4.69) is 27.1 Å². The number of benzene rings is 2. The number of anilines is 1. The summed E-state index contributed by atoms with van der Waals surface area (Å²) in [6, 6.07) is 22.1. The predicted octanol–water partition coefficient (Wildman–Crippen LogP) is 4.14. The molecule has 2 aromatic carbocycles. The van der Waals surface area contributed by atoms with Crippen LogP contribution >= 0.6 is 0 Å². The molecular formula is C23H19N5O. The van der Waals surface area contributed by atoms with Crippen LogP contribution in [0.4, 0.5) is 5.82 Å². The summed E-state index contributed by atoms with van der Waals surface area (Å²) in [6.45, 7) is 2.70. The lowest BCUT2D eigenvalue weighted by molar-refractivity contribution is 0.502. The van der Waals surface area contributed by atoms with Crippen molar-refractivity contribution in [3.63, 3.8) is 0 Å². The number of aromatic nitrogens is 3. The Kier molecular flexibility index (Phi) is 4.37. The molecule has 5 rings (SSSR count). The first kappa shape index (κ1) is 17.3. The van der Waals surface area contributed by atoms with Crippen LogP contribution in [-0.2, 0) is 6.42 Å². The minimum atomic E-state index is 0.451. The van der Waals surface area contributed by atoms with E-state index in [1.54, 1.807) is 6.20 Å². The van der Waals surface area contributed by atoms with E-state index in [-0.39, 0.29) is 0 Å². The van der Waals surface area contributed by atoms with E-state index in [4.69, 9.17) is 9.84 Å². The number of aryl methyl sites for hydroxylation is 1. The highest BCUT2D eigenvalue weighted by Crippen LogP contribution is 2.31. The van der Waals surface area contributed by atoms with Gasteiger partial charge < -0.3 is 4.74 Å². The highest BCUT2D eigenvalue weighted by Gasteiger charge is 2.26. The Morgan fingerprint density at radius 3 is 2.59 bits per heavy atom. The normalized spacial score (nSPS) is 13.0. The molecule has 4 aromatic rings. The van der Waals surface area contributed by atoms with Gasteiger partial charge in [0.05, 0.1) is 0 Å². The van der Waals surface area contributed by atoms with Crippen molar-refractivity contribution in [1.82, 2.24) is 15.0 Å². The van der Waals surface area contributed by atoms with E-state index in [0.29, 0.717) is 35.3 Å². The summed E-state index contributed by atoms with van der Waals surface area (Å²) >= 11 is 0. The molecule has 6 heteroatoms. The monoisotopic (exact) mass is 381 g/mol. The molecule has 1 aliphatic heterocycles. The average molecular weight is 381 g/mol.